The van der Waals surface area contributed by atoms with Crippen LogP contribution < -0.4 is 4.74 Å². The first-order valence-corrected chi connectivity index (χ1v) is 9.31. The van der Waals surface area contributed by atoms with Gasteiger partial charge in [-0.2, -0.15) is 0 Å². The van der Waals surface area contributed by atoms with Gasteiger partial charge in [-0.25, -0.2) is 0 Å². The minimum absolute atomic E-state index is 0.202. The van der Waals surface area contributed by atoms with Gasteiger partial charge in [0.2, 0.25) is 5.91 Å². The minimum Gasteiger partial charge on any atom is -0.497 e. The van der Waals surface area contributed by atoms with Crippen LogP contribution in [0.1, 0.15) is 36.5 Å². The van der Waals surface area contributed by atoms with Crippen LogP contribution in [0.25, 0.3) is 0 Å². The van der Waals surface area contributed by atoms with Crippen molar-refractivity contribution in [2.75, 3.05) is 20.2 Å². The third kappa shape index (κ3) is 4.64. The number of ether oxygens (including phenoxy) is 1. The molecule has 3 rings (SSSR count). The van der Waals surface area contributed by atoms with E-state index in [0.717, 1.165) is 49.2 Å². The van der Waals surface area contributed by atoms with Crippen molar-refractivity contribution >= 4 is 5.91 Å². The molecule has 0 aromatic heterocycles. The number of nitrogens with zero attached hydrogens (tertiary/aromatic N) is 1. The van der Waals surface area contributed by atoms with Crippen molar-refractivity contribution < 1.29 is 14.6 Å². The van der Waals surface area contributed by atoms with E-state index >= 15 is 0 Å². The van der Waals surface area contributed by atoms with Crippen molar-refractivity contribution in [1.82, 2.24) is 4.90 Å². The van der Waals surface area contributed by atoms with Gasteiger partial charge >= 0.3 is 0 Å². The molecule has 1 aliphatic rings. The van der Waals surface area contributed by atoms with Gasteiger partial charge in [0.15, 0.2) is 0 Å². The van der Waals surface area contributed by atoms with E-state index in [0.29, 0.717) is 6.42 Å². The van der Waals surface area contributed by atoms with E-state index in [1.165, 1.54) is 0 Å². The number of amides is 1. The topological polar surface area (TPSA) is 49.8 Å². The number of carbonyl (C=O) groups is 1. The van der Waals surface area contributed by atoms with Gasteiger partial charge < -0.3 is 14.7 Å². The SMILES string of the molecule is COc1ccc(CCC(=O)N2CCC(C(O)c3ccccc3)CC2)cc1. The molecule has 1 unspecified atom stereocenters. The molecule has 0 bridgehead atoms. The number of methoxy groups -OCH3 is 1. The number of hydrogen-bond donors (Lipinski definition) is 1. The summed E-state index contributed by atoms with van der Waals surface area (Å²) < 4.78 is 5.16. The molecule has 2 aromatic carbocycles. The molecule has 1 atom stereocenters. The predicted octanol–water partition coefficient (Wildman–Crippen LogP) is 3.60. The third-order valence-electron chi connectivity index (χ3n) is 5.27. The quantitative estimate of drug-likeness (QED) is 0.863. The molecule has 0 radical (unpaired) electrons. The van der Waals surface area contributed by atoms with Crippen LogP contribution >= 0.6 is 0 Å². The Bertz CT molecular complexity index is 691. The first-order valence-electron chi connectivity index (χ1n) is 9.31. The second-order valence-electron chi connectivity index (χ2n) is 6.92. The van der Waals surface area contributed by atoms with Gasteiger partial charge in [0.25, 0.3) is 0 Å². The number of benzene rings is 2. The fraction of sp³-hybridized carbons (Fsp3) is 0.409. The Labute approximate surface area is 155 Å². The van der Waals surface area contributed by atoms with Crippen LogP contribution in [-0.2, 0) is 11.2 Å². The molecule has 0 spiro atoms. The minimum atomic E-state index is -0.437. The second-order valence-corrected chi connectivity index (χ2v) is 6.92. The lowest BCUT2D eigenvalue weighted by Gasteiger charge is -2.34. The number of aliphatic hydroxyl groups is 1. The van der Waals surface area contributed by atoms with Gasteiger partial charge in [-0.15, -0.1) is 0 Å². The van der Waals surface area contributed by atoms with Gasteiger partial charge in [0.1, 0.15) is 5.75 Å². The monoisotopic (exact) mass is 353 g/mol. The van der Waals surface area contributed by atoms with E-state index in [2.05, 4.69) is 0 Å². The smallest absolute Gasteiger partial charge is 0.222 e. The van der Waals surface area contributed by atoms with Crippen LogP contribution in [-0.4, -0.2) is 36.1 Å². The van der Waals surface area contributed by atoms with Gasteiger partial charge in [-0.05, 0) is 48.4 Å². The fourth-order valence-electron chi connectivity index (χ4n) is 3.59. The van der Waals surface area contributed by atoms with E-state index < -0.39 is 6.10 Å². The predicted molar refractivity (Wildman–Crippen MR) is 102 cm³/mol. The lowest BCUT2D eigenvalue weighted by Crippen LogP contribution is -2.39. The Hall–Kier alpha value is -2.33. The van der Waals surface area contributed by atoms with Crippen molar-refractivity contribution in [2.45, 2.75) is 31.8 Å². The van der Waals surface area contributed by atoms with Crippen molar-refractivity contribution in [1.29, 1.82) is 0 Å². The van der Waals surface area contributed by atoms with Crippen LogP contribution in [0.15, 0.2) is 54.6 Å². The molecule has 1 fully saturated rings. The summed E-state index contributed by atoms with van der Waals surface area (Å²) in [6, 6.07) is 17.7. The summed E-state index contributed by atoms with van der Waals surface area (Å²) in [5.41, 5.74) is 2.12. The second kappa shape index (κ2) is 8.86. The molecule has 1 aliphatic heterocycles. The van der Waals surface area contributed by atoms with E-state index in [1.807, 2.05) is 59.5 Å². The molecule has 1 saturated heterocycles. The third-order valence-corrected chi connectivity index (χ3v) is 5.27. The summed E-state index contributed by atoms with van der Waals surface area (Å²) in [7, 11) is 1.65. The molecule has 138 valence electrons. The number of aryl methyl sites for hydroxylation is 1. The normalized spacial score (nSPS) is 16.3. The maximum absolute atomic E-state index is 12.5. The highest BCUT2D eigenvalue weighted by molar-refractivity contribution is 5.76. The van der Waals surface area contributed by atoms with Crippen molar-refractivity contribution in [3.05, 3.63) is 65.7 Å². The summed E-state index contributed by atoms with van der Waals surface area (Å²) in [4.78, 5) is 14.4. The summed E-state index contributed by atoms with van der Waals surface area (Å²) in [5, 5.41) is 10.6. The first-order chi connectivity index (χ1) is 12.7. The largest absolute Gasteiger partial charge is 0.497 e. The fourth-order valence-corrected chi connectivity index (χ4v) is 3.59. The highest BCUT2D eigenvalue weighted by atomic mass is 16.5. The number of rotatable bonds is 6. The van der Waals surface area contributed by atoms with Crippen LogP contribution in [0.4, 0.5) is 0 Å². The molecule has 1 amide bonds. The Kier molecular flexibility index (Phi) is 6.29. The summed E-state index contributed by atoms with van der Waals surface area (Å²) >= 11 is 0. The van der Waals surface area contributed by atoms with Crippen LogP contribution in [0.3, 0.4) is 0 Å². The Morgan fingerprint density at radius 1 is 1.12 bits per heavy atom. The number of likely N-dealkylation sites (tertiary alicyclic amines) is 1. The van der Waals surface area contributed by atoms with Crippen molar-refractivity contribution in [3.63, 3.8) is 0 Å². The number of aliphatic hydroxyl groups excluding tert-OH is 1. The van der Waals surface area contributed by atoms with Crippen molar-refractivity contribution in [3.8, 4) is 5.75 Å². The molecule has 0 saturated carbocycles. The Morgan fingerprint density at radius 2 is 1.77 bits per heavy atom. The van der Waals surface area contributed by atoms with Crippen LogP contribution in [0, 0.1) is 5.92 Å². The highest BCUT2D eigenvalue weighted by Gasteiger charge is 2.27. The molecule has 26 heavy (non-hydrogen) atoms. The van der Waals surface area contributed by atoms with Crippen LogP contribution in [0.5, 0.6) is 5.75 Å². The Morgan fingerprint density at radius 3 is 2.38 bits per heavy atom. The molecule has 2 aromatic rings. The standard InChI is InChI=1S/C22H27NO3/c1-26-20-10-7-17(8-11-20)9-12-21(24)23-15-13-19(14-16-23)22(25)18-5-3-2-4-6-18/h2-8,10-11,19,22,25H,9,12-16H2,1H3. The lowest BCUT2D eigenvalue weighted by molar-refractivity contribution is -0.133. The van der Waals surface area contributed by atoms with Gasteiger partial charge in [-0.3, -0.25) is 4.79 Å². The molecular weight excluding hydrogens is 326 g/mol. The van der Waals surface area contributed by atoms with E-state index in [-0.39, 0.29) is 11.8 Å². The van der Waals surface area contributed by atoms with Gasteiger partial charge in [0.05, 0.1) is 13.2 Å². The maximum Gasteiger partial charge on any atom is 0.222 e. The van der Waals surface area contributed by atoms with Crippen LogP contribution in [0.2, 0.25) is 0 Å². The number of hydrogen-bond acceptors (Lipinski definition) is 3. The van der Waals surface area contributed by atoms with E-state index in [1.54, 1.807) is 7.11 Å². The zero-order valence-electron chi connectivity index (χ0n) is 15.3. The maximum atomic E-state index is 12.5. The highest BCUT2D eigenvalue weighted by Crippen LogP contribution is 2.30. The molecule has 1 N–H and O–H groups in total. The molecular formula is C22H27NO3. The number of carbonyl (C=O) groups excluding carboxylic acids is 1. The molecule has 4 nitrogen and oxygen atoms in total. The summed E-state index contributed by atoms with van der Waals surface area (Å²) in [6.45, 7) is 1.46. The summed E-state index contributed by atoms with van der Waals surface area (Å²) in [5.74, 6) is 1.26. The summed E-state index contributed by atoms with van der Waals surface area (Å²) in [6.07, 6.45) is 2.54. The Balaban J connectivity index is 1.45. The molecule has 1 heterocycles. The van der Waals surface area contributed by atoms with Crippen molar-refractivity contribution in [2.24, 2.45) is 5.92 Å². The average molecular weight is 353 g/mol. The molecule has 0 aliphatic carbocycles. The van der Waals surface area contributed by atoms with E-state index in [9.17, 15) is 9.90 Å². The zero-order valence-corrected chi connectivity index (χ0v) is 15.3. The zero-order chi connectivity index (χ0) is 18.4. The van der Waals surface area contributed by atoms with Gasteiger partial charge in [-0.1, -0.05) is 42.5 Å². The average Bonchev–Trinajstić information content (AvgIpc) is 2.72. The number of piperidine rings is 1. The van der Waals surface area contributed by atoms with E-state index in [4.69, 9.17) is 4.74 Å². The van der Waals surface area contributed by atoms with Gasteiger partial charge in [0, 0.05) is 19.5 Å². The first kappa shape index (κ1) is 18.5. The lowest BCUT2D eigenvalue weighted by atomic mass is 9.87. The molecule has 4 heteroatoms.